The van der Waals surface area contributed by atoms with Crippen molar-refractivity contribution in [1.82, 2.24) is 0 Å². The summed E-state index contributed by atoms with van der Waals surface area (Å²) in [5, 5.41) is 201. The maximum absolute atomic E-state index is 15.9. The van der Waals surface area contributed by atoms with E-state index >= 15 is 9.59 Å². The molecular formula is C46H38O32. The number of cyclic esters (lactones) is 1. The number of carbonyl (C=O) groups is 5. The minimum atomic E-state index is -4.63. The van der Waals surface area contributed by atoms with E-state index in [1.165, 1.54) is 0 Å². The zero-order chi connectivity index (χ0) is 56.6. The van der Waals surface area contributed by atoms with Crippen LogP contribution < -0.4 is 4.74 Å². The molecule has 4 aromatic carbocycles. The van der Waals surface area contributed by atoms with Gasteiger partial charge in [-0.1, -0.05) is 0 Å². The smallest absolute Gasteiger partial charge is 0.340 e. The highest BCUT2D eigenvalue weighted by atomic mass is 16.8. The molecule has 1 aliphatic carbocycles. The molecule has 7 aliphatic rings. The van der Waals surface area contributed by atoms with Crippen LogP contribution in [0, 0.1) is 5.41 Å². The Morgan fingerprint density at radius 1 is 0.590 bits per heavy atom. The van der Waals surface area contributed by atoms with Crippen molar-refractivity contribution >= 4 is 29.8 Å². The van der Waals surface area contributed by atoms with Crippen LogP contribution in [0.2, 0.25) is 0 Å². The fraction of sp³-hybridized carbons (Fsp3) is 0.370. The molecule has 4 aromatic rings. The molecule has 6 heterocycles. The molecule has 1 spiro atoms. The van der Waals surface area contributed by atoms with Crippen molar-refractivity contribution in [1.29, 1.82) is 0 Å². The van der Waals surface area contributed by atoms with Gasteiger partial charge in [-0.3, -0.25) is 4.79 Å². The summed E-state index contributed by atoms with van der Waals surface area (Å²) in [4.78, 5) is 74.3. The lowest BCUT2D eigenvalue weighted by Gasteiger charge is -2.63. The summed E-state index contributed by atoms with van der Waals surface area (Å²) < 4.78 is 51.2. The third-order valence-electron chi connectivity index (χ3n) is 14.7. The van der Waals surface area contributed by atoms with Gasteiger partial charge in [0.25, 0.3) is 17.4 Å². The molecule has 1 saturated carbocycles. The molecular weight excluding hydrogens is 1060 g/mol. The van der Waals surface area contributed by atoms with Crippen LogP contribution in [0.5, 0.6) is 69.0 Å². The summed E-state index contributed by atoms with van der Waals surface area (Å²) in [7, 11) is 0. The lowest BCUT2D eigenvalue weighted by molar-refractivity contribution is -0.508. The number of benzene rings is 4. The van der Waals surface area contributed by atoms with Gasteiger partial charge in [0, 0.05) is 23.1 Å². The van der Waals surface area contributed by atoms with Crippen LogP contribution in [0.25, 0.3) is 11.1 Å². The van der Waals surface area contributed by atoms with Crippen LogP contribution in [0.15, 0.2) is 30.3 Å². The topological polar surface area (TPSA) is 533 Å². The second-order valence-corrected chi connectivity index (χ2v) is 19.1. The number of hydrogen-bond donors (Lipinski definition) is 18. The molecule has 4 fully saturated rings. The highest BCUT2D eigenvalue weighted by Gasteiger charge is 2.88. The van der Waals surface area contributed by atoms with Crippen molar-refractivity contribution in [3.63, 3.8) is 0 Å². The predicted octanol–water partition coefficient (Wildman–Crippen LogP) is -3.69. The average molecular weight is 1100 g/mol. The summed E-state index contributed by atoms with van der Waals surface area (Å²) >= 11 is 0. The standard InChI is InChI=1S/C46H38O32/c47-13-1-9(2-14(48)23(13)53)35(59)77-39-32-31-29(19(72-39)7-70-36(60)10-3-15(49)24(54)27(57)20(10)21-11(37(61)73-31)4-16(50)25(55)28(21)58)75-41(63)42-8-43(64)34(18(52)6-71-43)76-40(42)44(65,66)46(68,69)45(67)33(42)22-12(38(62)74-32)5-17(51)26(56)30(22)78-45/h1-5,18-19,29,31-34,39-40,47-58,64-69H,6-8H2/t18-,19-,29-,31+,32-,33-,34+,39+,40+,42-,43+,45-/m1/s1. The number of aliphatic hydroxyl groups is 7. The van der Waals surface area contributed by atoms with E-state index in [-0.39, 0.29) is 0 Å². The normalized spacial score (nSPS) is 32.9. The lowest BCUT2D eigenvalue weighted by atomic mass is 9.52. The Morgan fingerprint density at radius 2 is 1.13 bits per heavy atom. The van der Waals surface area contributed by atoms with E-state index in [1.807, 2.05) is 0 Å². The van der Waals surface area contributed by atoms with Gasteiger partial charge in [0.15, 0.2) is 69.7 Å². The van der Waals surface area contributed by atoms with E-state index in [2.05, 4.69) is 0 Å². The molecule has 12 atom stereocenters. The molecule has 0 aromatic heterocycles. The summed E-state index contributed by atoms with van der Waals surface area (Å²) in [5.41, 5.74) is -11.5. The maximum atomic E-state index is 15.9. The number of aliphatic hydroxyl groups excluding tert-OH is 1. The lowest BCUT2D eigenvalue weighted by Crippen LogP contribution is -2.86. The second-order valence-electron chi connectivity index (χ2n) is 19.1. The Bertz CT molecular complexity index is 3350. The van der Waals surface area contributed by atoms with Crippen LogP contribution in [0.1, 0.15) is 59.3 Å². The van der Waals surface area contributed by atoms with Crippen LogP contribution in [0.4, 0.5) is 0 Å². The van der Waals surface area contributed by atoms with Gasteiger partial charge < -0.3 is 135 Å². The molecule has 0 amide bonds. The van der Waals surface area contributed by atoms with Crippen molar-refractivity contribution in [3.8, 4) is 80.1 Å². The van der Waals surface area contributed by atoms with Crippen LogP contribution in [0.3, 0.4) is 0 Å². The highest BCUT2D eigenvalue weighted by molar-refractivity contribution is 6.08. The van der Waals surface area contributed by atoms with E-state index in [0.717, 1.165) is 0 Å². The number of aromatic hydroxyl groups is 11. The molecule has 6 aliphatic heterocycles. The van der Waals surface area contributed by atoms with Crippen LogP contribution in [-0.4, -0.2) is 207 Å². The molecule has 18 N–H and O–H groups in total. The molecule has 78 heavy (non-hydrogen) atoms. The first kappa shape index (κ1) is 51.5. The first-order valence-corrected chi connectivity index (χ1v) is 22.5. The molecule has 3 saturated heterocycles. The average Bonchev–Trinajstić information content (AvgIpc) is 3.63. The number of phenols is 11. The van der Waals surface area contributed by atoms with Gasteiger partial charge in [0.2, 0.25) is 29.6 Å². The van der Waals surface area contributed by atoms with Gasteiger partial charge in [-0.25, -0.2) is 19.2 Å². The Hall–Kier alpha value is -8.57. The molecule has 0 unspecified atom stereocenters. The zero-order valence-corrected chi connectivity index (χ0v) is 38.5. The molecule has 32 heteroatoms. The number of rotatable bonds is 2. The third-order valence-corrected chi connectivity index (χ3v) is 14.7. The number of hydrogen-bond acceptors (Lipinski definition) is 32. The van der Waals surface area contributed by atoms with Gasteiger partial charge >= 0.3 is 29.8 Å². The fourth-order valence-electron chi connectivity index (χ4n) is 11.1. The van der Waals surface area contributed by atoms with Crippen molar-refractivity contribution in [2.24, 2.45) is 5.41 Å². The molecule has 0 radical (unpaired) electrons. The largest absolute Gasteiger partial charge is 0.504 e. The monoisotopic (exact) mass is 1100 g/mol. The minimum absolute atomic E-state index is 0.311. The van der Waals surface area contributed by atoms with Gasteiger partial charge in [-0.2, -0.15) is 0 Å². The predicted molar refractivity (Wildman–Crippen MR) is 231 cm³/mol. The Balaban J connectivity index is 1.19. The van der Waals surface area contributed by atoms with E-state index in [1.54, 1.807) is 0 Å². The number of esters is 5. The second kappa shape index (κ2) is 16.5. The van der Waals surface area contributed by atoms with Crippen molar-refractivity contribution < 1.29 is 159 Å². The van der Waals surface area contributed by atoms with E-state index < -0.39 is 241 Å². The number of fused-ring (bicyclic) bond motifs is 4. The van der Waals surface area contributed by atoms with Gasteiger partial charge in [0.1, 0.15) is 36.4 Å². The molecule has 11 rings (SSSR count). The van der Waals surface area contributed by atoms with Crippen molar-refractivity contribution in [2.75, 3.05) is 13.2 Å². The first-order valence-electron chi connectivity index (χ1n) is 22.5. The summed E-state index contributed by atoms with van der Waals surface area (Å²) in [6, 6.07) is 2.08. The highest BCUT2D eigenvalue weighted by Crippen LogP contribution is 2.71. The maximum Gasteiger partial charge on any atom is 0.340 e. The third kappa shape index (κ3) is 6.66. The number of ether oxygens (including phenoxy) is 9. The summed E-state index contributed by atoms with van der Waals surface area (Å²) in [6.07, 6.45) is -22.2. The number of carbonyl (C=O) groups excluding carboxylic acids is 5. The van der Waals surface area contributed by atoms with Crippen LogP contribution >= 0.6 is 0 Å². The summed E-state index contributed by atoms with van der Waals surface area (Å²) in [6.45, 7) is -2.34. The van der Waals surface area contributed by atoms with Crippen molar-refractivity contribution in [3.05, 3.63) is 58.1 Å². The minimum Gasteiger partial charge on any atom is -0.504 e. The van der Waals surface area contributed by atoms with Crippen LogP contribution in [-0.2, 0) is 42.7 Å². The molecule has 414 valence electrons. The van der Waals surface area contributed by atoms with Crippen molar-refractivity contribution in [2.45, 2.75) is 84.5 Å². The van der Waals surface area contributed by atoms with E-state index in [4.69, 9.17) is 42.6 Å². The number of phenolic OH excluding ortho intramolecular Hbond substituents is 11. The Morgan fingerprint density at radius 3 is 1.74 bits per heavy atom. The molecule has 4 bridgehead atoms. The zero-order valence-electron chi connectivity index (χ0n) is 38.5. The van der Waals surface area contributed by atoms with E-state index in [0.29, 0.717) is 30.3 Å². The Labute approximate surface area is 429 Å². The fourth-order valence-corrected chi connectivity index (χ4v) is 11.1. The van der Waals surface area contributed by atoms with E-state index in [9.17, 15) is 106 Å². The first-order chi connectivity index (χ1) is 36.4. The Kier molecular flexibility index (Phi) is 10.9. The summed E-state index contributed by atoms with van der Waals surface area (Å²) in [5.74, 6) is -45.3. The van der Waals surface area contributed by atoms with Gasteiger partial charge in [-0.15, -0.1) is 0 Å². The quantitative estimate of drug-likeness (QED) is 0.0398. The van der Waals surface area contributed by atoms with Gasteiger partial charge in [-0.05, 0) is 30.3 Å². The van der Waals surface area contributed by atoms with Gasteiger partial charge in [0.05, 0.1) is 34.8 Å². The SMILES string of the molecule is O=C(O[C@@H]1O[C@@H]2COC(=O)c3cc(O)c(O)c(O)c3-c3c(cc(O)c(O)c3O)C(=O)O[C@@H]3[C@H]1OC(=O)c1cc(O)c(O)c4c1[C@@H]1[C@@]5(C[C@]6(O)OC[C@@H](O)[C@@H]6O[C@@H]5C(O)(O)C(O)(O)[C@]1(O)O4)C(=O)O[C@@H]32)c1cc(O)c(O)c(O)c1. The molecule has 32 nitrogen and oxygen atoms in total.